The average Bonchev–Trinajstić information content (AvgIpc) is 3.12. The smallest absolute Gasteiger partial charge is 0.319 e. The van der Waals surface area contributed by atoms with Crippen LogP contribution < -0.4 is 0 Å². The number of hydrogen-bond donors (Lipinski definition) is 1. The first-order valence-corrected chi connectivity index (χ1v) is 8.84. The Morgan fingerprint density at radius 3 is 2.21 bits per heavy atom. The summed E-state index contributed by atoms with van der Waals surface area (Å²) in [5.74, 6) is -1.10. The van der Waals surface area contributed by atoms with Gasteiger partial charge in [0.2, 0.25) is 0 Å². The average molecular weight is 302 g/mol. The molecule has 2 atom stereocenters. The highest BCUT2D eigenvalue weighted by Gasteiger charge is 2.41. The first-order chi connectivity index (χ1) is 8.80. The zero-order chi connectivity index (χ0) is 14.2. The number of sulfone groups is 1. The van der Waals surface area contributed by atoms with Gasteiger partial charge in [0.1, 0.15) is 5.25 Å². The largest absolute Gasteiger partial charge is 0.480 e. The van der Waals surface area contributed by atoms with Crippen molar-refractivity contribution in [3.8, 4) is 0 Å². The van der Waals surface area contributed by atoms with Crippen molar-refractivity contribution in [1.82, 2.24) is 0 Å². The van der Waals surface area contributed by atoms with Gasteiger partial charge in [-0.3, -0.25) is 9.00 Å². The van der Waals surface area contributed by atoms with E-state index in [2.05, 4.69) is 0 Å². The Morgan fingerprint density at radius 2 is 1.84 bits per heavy atom. The highest BCUT2D eigenvalue weighted by molar-refractivity contribution is 7.90. The normalized spacial score (nSPS) is 18.8. The van der Waals surface area contributed by atoms with E-state index in [1.165, 1.54) is 24.3 Å². The van der Waals surface area contributed by atoms with Gasteiger partial charge in [-0.15, -0.1) is 0 Å². The lowest BCUT2D eigenvalue weighted by Crippen LogP contribution is -2.27. The summed E-state index contributed by atoms with van der Waals surface area (Å²) in [4.78, 5) is 11.6. The summed E-state index contributed by atoms with van der Waals surface area (Å²) in [5, 5.41) is 8.21. The van der Waals surface area contributed by atoms with E-state index in [4.69, 9.17) is 5.11 Å². The molecule has 104 valence electrons. The van der Waals surface area contributed by atoms with Crippen LogP contribution in [0.4, 0.5) is 0 Å². The van der Waals surface area contributed by atoms with Gasteiger partial charge >= 0.3 is 5.97 Å². The minimum atomic E-state index is -3.30. The Labute approximate surface area is 114 Å². The van der Waals surface area contributed by atoms with Crippen LogP contribution in [0, 0.1) is 5.92 Å². The number of rotatable bonds is 5. The van der Waals surface area contributed by atoms with Crippen molar-refractivity contribution >= 4 is 26.6 Å². The van der Waals surface area contributed by atoms with Crippen LogP contribution in [-0.4, -0.2) is 35.2 Å². The fourth-order valence-corrected chi connectivity index (χ4v) is 3.97. The zero-order valence-electron chi connectivity index (χ0n) is 10.3. The summed E-state index contributed by atoms with van der Waals surface area (Å²) < 4.78 is 34.8. The van der Waals surface area contributed by atoms with Crippen molar-refractivity contribution in [1.29, 1.82) is 0 Å². The first-order valence-electron chi connectivity index (χ1n) is 5.74. The lowest BCUT2D eigenvalue weighted by Gasteiger charge is -2.11. The molecule has 0 aromatic heterocycles. The maximum absolute atomic E-state index is 12.2. The van der Waals surface area contributed by atoms with Crippen LogP contribution in [0.5, 0.6) is 0 Å². The second kappa shape index (κ2) is 5.05. The molecule has 0 radical (unpaired) electrons. The molecule has 0 bridgehead atoms. The lowest BCUT2D eigenvalue weighted by atomic mass is 10.3. The second-order valence-electron chi connectivity index (χ2n) is 4.64. The Bertz CT molecular complexity index is 614. The summed E-state index contributed by atoms with van der Waals surface area (Å²) in [6.45, 7) is 0. The molecule has 2 rings (SSSR count). The van der Waals surface area contributed by atoms with Crippen LogP contribution in [-0.2, 0) is 25.4 Å². The molecular formula is C12H14O5S2. The molecule has 1 aliphatic rings. The van der Waals surface area contributed by atoms with E-state index in [0.29, 0.717) is 4.90 Å². The minimum Gasteiger partial charge on any atom is -0.480 e. The van der Waals surface area contributed by atoms with Gasteiger partial charge in [0, 0.05) is 11.2 Å². The Kier molecular flexibility index (Phi) is 3.78. The number of aliphatic carboxylic acids is 1. The van der Waals surface area contributed by atoms with Crippen LogP contribution in [0.25, 0.3) is 0 Å². The van der Waals surface area contributed by atoms with Crippen molar-refractivity contribution in [2.45, 2.75) is 27.9 Å². The van der Waals surface area contributed by atoms with Crippen molar-refractivity contribution in [3.63, 3.8) is 0 Å². The predicted octanol–water partition coefficient (Wildman–Crippen LogP) is 1.06. The fraction of sp³-hybridized carbons (Fsp3) is 0.417. The van der Waals surface area contributed by atoms with Crippen molar-refractivity contribution in [3.05, 3.63) is 24.3 Å². The summed E-state index contributed by atoms with van der Waals surface area (Å²) in [6.07, 6.45) is 2.65. The van der Waals surface area contributed by atoms with Crippen LogP contribution in [0.2, 0.25) is 0 Å². The van der Waals surface area contributed by atoms with Gasteiger partial charge in [-0.25, -0.2) is 8.42 Å². The quantitative estimate of drug-likeness (QED) is 0.878. The number of hydrogen-bond acceptors (Lipinski definition) is 4. The molecule has 1 aromatic rings. The third-order valence-electron chi connectivity index (χ3n) is 3.01. The van der Waals surface area contributed by atoms with Crippen LogP contribution in [0.1, 0.15) is 12.8 Å². The third-order valence-corrected chi connectivity index (χ3v) is 5.92. The second-order valence-corrected chi connectivity index (χ2v) is 8.23. The monoisotopic (exact) mass is 302 g/mol. The highest BCUT2D eigenvalue weighted by Crippen LogP contribution is 2.37. The summed E-state index contributed by atoms with van der Waals surface area (Å²) in [6, 6.07) is 5.55. The van der Waals surface area contributed by atoms with Crippen molar-refractivity contribution in [2.75, 3.05) is 6.26 Å². The molecule has 0 aliphatic heterocycles. The van der Waals surface area contributed by atoms with Gasteiger partial charge in [-0.2, -0.15) is 0 Å². The van der Waals surface area contributed by atoms with E-state index in [-0.39, 0.29) is 10.8 Å². The van der Waals surface area contributed by atoms with Gasteiger partial charge in [-0.05, 0) is 43.0 Å². The van der Waals surface area contributed by atoms with E-state index < -0.39 is 31.9 Å². The maximum atomic E-state index is 12.2. The summed E-state index contributed by atoms with van der Waals surface area (Å²) >= 11 is 0. The van der Waals surface area contributed by atoms with E-state index >= 15 is 0 Å². The fourth-order valence-electron chi connectivity index (χ4n) is 1.83. The van der Waals surface area contributed by atoms with E-state index in [1.807, 2.05) is 0 Å². The molecule has 1 saturated carbocycles. The third kappa shape index (κ3) is 3.22. The molecule has 0 heterocycles. The molecule has 2 unspecified atom stereocenters. The van der Waals surface area contributed by atoms with E-state index in [9.17, 15) is 17.4 Å². The number of carboxylic acids is 1. The Morgan fingerprint density at radius 1 is 1.32 bits per heavy atom. The van der Waals surface area contributed by atoms with Gasteiger partial charge in [0.05, 0.1) is 15.7 Å². The Balaban J connectivity index is 2.26. The number of carboxylic acid groups (broad SMARTS) is 1. The maximum Gasteiger partial charge on any atom is 0.319 e. The van der Waals surface area contributed by atoms with E-state index in [1.54, 1.807) is 0 Å². The van der Waals surface area contributed by atoms with Crippen LogP contribution in [0.15, 0.2) is 34.1 Å². The molecule has 0 amide bonds. The molecule has 19 heavy (non-hydrogen) atoms. The standard InChI is InChI=1S/C12H14O5S2/c1-19(16,17)10-6-4-9(5-7-10)18(15)11(12(13)14)8-2-3-8/h4-8,11H,2-3H2,1H3,(H,13,14). The molecule has 1 aliphatic carbocycles. The number of carbonyl (C=O) groups is 1. The molecule has 5 nitrogen and oxygen atoms in total. The molecule has 1 N–H and O–H groups in total. The molecule has 1 fully saturated rings. The van der Waals surface area contributed by atoms with Gasteiger partial charge in [0.25, 0.3) is 0 Å². The van der Waals surface area contributed by atoms with Crippen LogP contribution in [0.3, 0.4) is 0 Å². The van der Waals surface area contributed by atoms with Gasteiger partial charge < -0.3 is 5.11 Å². The molecular weight excluding hydrogens is 288 g/mol. The summed E-state index contributed by atoms with van der Waals surface area (Å²) in [5.41, 5.74) is 0. The van der Waals surface area contributed by atoms with E-state index in [0.717, 1.165) is 19.1 Å². The molecule has 7 heteroatoms. The Hall–Kier alpha value is -1.21. The summed E-state index contributed by atoms with van der Waals surface area (Å²) in [7, 11) is -4.95. The van der Waals surface area contributed by atoms with Crippen molar-refractivity contribution in [2.24, 2.45) is 5.92 Å². The molecule has 0 spiro atoms. The SMILES string of the molecule is CS(=O)(=O)c1ccc(S(=O)C(C(=O)O)C2CC2)cc1. The minimum absolute atomic E-state index is 0.0343. The first kappa shape index (κ1) is 14.2. The predicted molar refractivity (Wildman–Crippen MR) is 70.1 cm³/mol. The number of benzene rings is 1. The topological polar surface area (TPSA) is 88.5 Å². The lowest BCUT2D eigenvalue weighted by molar-refractivity contribution is -0.136. The van der Waals surface area contributed by atoms with Crippen LogP contribution >= 0.6 is 0 Å². The van der Waals surface area contributed by atoms with Gasteiger partial charge in [0.15, 0.2) is 9.84 Å². The highest BCUT2D eigenvalue weighted by atomic mass is 32.2. The zero-order valence-corrected chi connectivity index (χ0v) is 11.9. The molecule has 0 saturated heterocycles. The molecule has 1 aromatic carbocycles. The van der Waals surface area contributed by atoms with Gasteiger partial charge in [-0.1, -0.05) is 0 Å². The van der Waals surface area contributed by atoms with Crippen molar-refractivity contribution < 1.29 is 22.5 Å².